The molecule has 1 aromatic rings. The van der Waals surface area contributed by atoms with Crippen molar-refractivity contribution in [3.63, 3.8) is 0 Å². The molecule has 2 unspecified atom stereocenters. The topological polar surface area (TPSA) is 12.0 Å². The van der Waals surface area contributed by atoms with Crippen LogP contribution in [0.25, 0.3) is 0 Å². The van der Waals surface area contributed by atoms with Crippen molar-refractivity contribution in [2.45, 2.75) is 62.3 Å². The number of hydrogen-bond acceptors (Lipinski definition) is 2. The minimum atomic E-state index is 0.742. The number of thioether (sulfide) groups is 1. The maximum atomic E-state index is 5.94. The Labute approximate surface area is 131 Å². The number of benzene rings is 1. The van der Waals surface area contributed by atoms with E-state index in [-0.39, 0.29) is 0 Å². The lowest BCUT2D eigenvalue weighted by molar-refractivity contribution is 0.265. The third kappa shape index (κ3) is 3.52. The lowest BCUT2D eigenvalue weighted by atomic mass is 9.75. The molecular formula is C17H24ClNS. The lowest BCUT2D eigenvalue weighted by Crippen LogP contribution is -2.44. The highest BCUT2D eigenvalue weighted by Gasteiger charge is 2.33. The highest BCUT2D eigenvalue weighted by Crippen LogP contribution is 2.39. The van der Waals surface area contributed by atoms with E-state index in [4.69, 9.17) is 11.6 Å². The van der Waals surface area contributed by atoms with Crippen LogP contribution in [0, 0.1) is 0 Å². The Morgan fingerprint density at radius 3 is 2.55 bits per heavy atom. The predicted octanol–water partition coefficient (Wildman–Crippen LogP) is 4.85. The second kappa shape index (κ2) is 6.72. The van der Waals surface area contributed by atoms with Crippen molar-refractivity contribution in [1.29, 1.82) is 0 Å². The van der Waals surface area contributed by atoms with E-state index in [1.54, 1.807) is 0 Å². The number of rotatable bonds is 5. The largest absolute Gasteiger partial charge is 0.311 e. The van der Waals surface area contributed by atoms with Gasteiger partial charge in [0.05, 0.1) is 0 Å². The quantitative estimate of drug-likeness (QED) is 0.834. The highest BCUT2D eigenvalue weighted by molar-refractivity contribution is 7.99. The molecule has 0 heterocycles. The zero-order valence-electron chi connectivity index (χ0n) is 12.1. The third-order valence-corrected chi connectivity index (χ3v) is 6.22. The van der Waals surface area contributed by atoms with Crippen LogP contribution in [-0.4, -0.2) is 23.1 Å². The minimum absolute atomic E-state index is 0.742. The Kier molecular flexibility index (Phi) is 4.95. The van der Waals surface area contributed by atoms with Gasteiger partial charge in [-0.15, -0.1) is 0 Å². The van der Waals surface area contributed by atoms with Crippen molar-refractivity contribution in [2.24, 2.45) is 0 Å². The summed E-state index contributed by atoms with van der Waals surface area (Å²) in [5.74, 6) is 2.01. The van der Waals surface area contributed by atoms with Gasteiger partial charge in [-0.2, -0.15) is 11.8 Å². The molecule has 2 atom stereocenters. The molecule has 2 fully saturated rings. The Balaban J connectivity index is 1.41. The predicted molar refractivity (Wildman–Crippen MR) is 89.9 cm³/mol. The molecule has 3 heteroatoms. The summed E-state index contributed by atoms with van der Waals surface area (Å²) in [5.41, 5.74) is 1.46. The zero-order chi connectivity index (χ0) is 13.9. The average Bonchev–Trinajstić information content (AvgIpc) is 2.83. The zero-order valence-corrected chi connectivity index (χ0v) is 13.7. The summed E-state index contributed by atoms with van der Waals surface area (Å²) in [7, 11) is 0. The molecule has 0 amide bonds. The van der Waals surface area contributed by atoms with Gasteiger partial charge in [0.15, 0.2) is 0 Å². The van der Waals surface area contributed by atoms with Crippen LogP contribution in [0.3, 0.4) is 0 Å². The SMILES string of the molecule is CCSC1CCC(NC2CC(c3ccc(Cl)cc3)C2)C1. The van der Waals surface area contributed by atoms with Gasteiger partial charge in [0.2, 0.25) is 0 Å². The molecule has 1 aromatic carbocycles. The molecule has 110 valence electrons. The second-order valence-corrected chi connectivity index (χ2v) is 8.18. The molecule has 20 heavy (non-hydrogen) atoms. The summed E-state index contributed by atoms with van der Waals surface area (Å²) in [6.45, 7) is 2.27. The monoisotopic (exact) mass is 309 g/mol. The molecule has 0 spiro atoms. The van der Waals surface area contributed by atoms with Crippen LogP contribution in [0.5, 0.6) is 0 Å². The van der Waals surface area contributed by atoms with E-state index in [0.29, 0.717) is 0 Å². The fourth-order valence-corrected chi connectivity index (χ4v) is 4.84. The third-order valence-electron chi connectivity index (χ3n) is 4.74. The molecule has 0 bridgehead atoms. The first-order valence-corrected chi connectivity index (χ1v) is 9.30. The van der Waals surface area contributed by atoms with Crippen LogP contribution in [0.1, 0.15) is 50.5 Å². The first-order valence-electron chi connectivity index (χ1n) is 7.87. The van der Waals surface area contributed by atoms with E-state index in [1.807, 2.05) is 12.1 Å². The fourth-order valence-electron chi connectivity index (χ4n) is 3.57. The smallest absolute Gasteiger partial charge is 0.0406 e. The fraction of sp³-hybridized carbons (Fsp3) is 0.647. The molecular weight excluding hydrogens is 286 g/mol. The summed E-state index contributed by atoms with van der Waals surface area (Å²) >= 11 is 8.09. The molecule has 1 N–H and O–H groups in total. The molecule has 1 nitrogen and oxygen atoms in total. The van der Waals surface area contributed by atoms with E-state index in [0.717, 1.165) is 28.3 Å². The second-order valence-electron chi connectivity index (χ2n) is 6.17. The molecule has 2 saturated carbocycles. The molecule has 2 aliphatic carbocycles. The number of hydrogen-bond donors (Lipinski definition) is 1. The van der Waals surface area contributed by atoms with Crippen LogP contribution < -0.4 is 5.32 Å². The van der Waals surface area contributed by atoms with Gasteiger partial charge in [0, 0.05) is 22.4 Å². The Morgan fingerprint density at radius 1 is 1.10 bits per heavy atom. The normalized spacial score (nSPS) is 33.1. The number of nitrogens with one attached hydrogen (secondary N) is 1. The Bertz CT molecular complexity index is 427. The van der Waals surface area contributed by atoms with Gasteiger partial charge in [-0.25, -0.2) is 0 Å². The van der Waals surface area contributed by atoms with Gasteiger partial charge in [-0.05, 0) is 61.5 Å². The highest BCUT2D eigenvalue weighted by atomic mass is 35.5. The van der Waals surface area contributed by atoms with Gasteiger partial charge in [-0.3, -0.25) is 0 Å². The maximum Gasteiger partial charge on any atom is 0.0406 e. The van der Waals surface area contributed by atoms with Gasteiger partial charge < -0.3 is 5.32 Å². The summed E-state index contributed by atoms with van der Waals surface area (Å²) in [4.78, 5) is 0. The summed E-state index contributed by atoms with van der Waals surface area (Å²) in [6.07, 6.45) is 6.75. The van der Waals surface area contributed by atoms with Crippen LogP contribution in [-0.2, 0) is 0 Å². The molecule has 0 aliphatic heterocycles. The Hall–Kier alpha value is -0.180. The van der Waals surface area contributed by atoms with Gasteiger partial charge in [0.1, 0.15) is 0 Å². The molecule has 0 radical (unpaired) electrons. The standard InChI is InChI=1S/C17H24ClNS/c1-2-20-17-8-7-15(11-17)19-16-9-13(10-16)12-3-5-14(18)6-4-12/h3-6,13,15-17,19H,2,7-11H2,1H3. The van der Waals surface area contributed by atoms with Crippen molar-refractivity contribution in [1.82, 2.24) is 5.32 Å². The van der Waals surface area contributed by atoms with E-state index < -0.39 is 0 Å². The van der Waals surface area contributed by atoms with Gasteiger partial charge >= 0.3 is 0 Å². The van der Waals surface area contributed by atoms with Crippen LogP contribution >= 0.6 is 23.4 Å². The molecule has 0 aromatic heterocycles. The number of halogens is 1. The molecule has 0 saturated heterocycles. The van der Waals surface area contributed by atoms with Crippen molar-refractivity contribution in [3.05, 3.63) is 34.9 Å². The molecule has 2 aliphatic rings. The first-order chi connectivity index (χ1) is 9.74. The first kappa shape index (κ1) is 14.7. The lowest BCUT2D eigenvalue weighted by Gasteiger charge is -2.38. The summed E-state index contributed by atoms with van der Waals surface area (Å²) < 4.78 is 0. The maximum absolute atomic E-state index is 5.94. The minimum Gasteiger partial charge on any atom is -0.311 e. The van der Waals surface area contributed by atoms with Gasteiger partial charge in [0.25, 0.3) is 0 Å². The van der Waals surface area contributed by atoms with E-state index in [1.165, 1.54) is 43.4 Å². The summed E-state index contributed by atoms with van der Waals surface area (Å²) in [6, 6.07) is 9.92. The van der Waals surface area contributed by atoms with E-state index >= 15 is 0 Å². The van der Waals surface area contributed by atoms with Crippen molar-refractivity contribution in [2.75, 3.05) is 5.75 Å². The average molecular weight is 310 g/mol. The molecule has 3 rings (SSSR count). The van der Waals surface area contributed by atoms with E-state index in [2.05, 4.69) is 36.1 Å². The van der Waals surface area contributed by atoms with Crippen molar-refractivity contribution in [3.8, 4) is 0 Å². The van der Waals surface area contributed by atoms with Crippen LogP contribution in [0.15, 0.2) is 24.3 Å². The van der Waals surface area contributed by atoms with Crippen LogP contribution in [0.2, 0.25) is 5.02 Å². The van der Waals surface area contributed by atoms with E-state index in [9.17, 15) is 0 Å². The van der Waals surface area contributed by atoms with Crippen molar-refractivity contribution >= 4 is 23.4 Å². The van der Waals surface area contributed by atoms with Crippen molar-refractivity contribution < 1.29 is 0 Å². The Morgan fingerprint density at radius 2 is 1.85 bits per heavy atom. The summed E-state index contributed by atoms with van der Waals surface area (Å²) in [5, 5.41) is 5.62. The van der Waals surface area contributed by atoms with Crippen LogP contribution in [0.4, 0.5) is 0 Å². The van der Waals surface area contributed by atoms with Gasteiger partial charge in [-0.1, -0.05) is 30.7 Å².